The zero-order valence-electron chi connectivity index (χ0n) is 17.7. The van der Waals surface area contributed by atoms with Crippen molar-refractivity contribution in [3.05, 3.63) is 71.3 Å². The fraction of sp³-hybridized carbons (Fsp3) is 0.417. The van der Waals surface area contributed by atoms with Crippen molar-refractivity contribution in [1.29, 1.82) is 0 Å². The molecule has 2 aromatic carbocycles. The number of nitrogens with one attached hydrogen (secondary N) is 1. The maximum atomic E-state index is 13.1. The smallest absolute Gasteiger partial charge is 0.242 e. The van der Waals surface area contributed by atoms with Crippen LogP contribution in [0, 0.1) is 6.92 Å². The number of aryl methyl sites for hydroxylation is 1. The van der Waals surface area contributed by atoms with Crippen LogP contribution < -0.4 is 5.32 Å². The van der Waals surface area contributed by atoms with E-state index in [1.165, 1.54) is 0 Å². The van der Waals surface area contributed by atoms with Crippen molar-refractivity contribution < 1.29 is 9.59 Å². The average molecular weight is 381 g/mol. The van der Waals surface area contributed by atoms with Crippen molar-refractivity contribution in [1.82, 2.24) is 10.2 Å². The minimum Gasteiger partial charge on any atom is -0.350 e. The third-order valence-corrected chi connectivity index (χ3v) is 4.59. The summed E-state index contributed by atoms with van der Waals surface area (Å²) < 4.78 is 0. The summed E-state index contributed by atoms with van der Waals surface area (Å²) in [5.74, 6) is -0.156. The van der Waals surface area contributed by atoms with Crippen LogP contribution in [0.25, 0.3) is 0 Å². The van der Waals surface area contributed by atoms with Gasteiger partial charge in [-0.3, -0.25) is 9.59 Å². The summed E-state index contributed by atoms with van der Waals surface area (Å²) in [6, 6.07) is 17.5. The molecule has 0 bridgehead atoms. The fourth-order valence-corrected chi connectivity index (χ4v) is 3.14. The van der Waals surface area contributed by atoms with Crippen molar-refractivity contribution >= 4 is 11.8 Å². The van der Waals surface area contributed by atoms with E-state index in [9.17, 15) is 9.59 Å². The molecule has 4 heteroatoms. The summed E-state index contributed by atoms with van der Waals surface area (Å²) in [5, 5.41) is 2.99. The molecule has 28 heavy (non-hydrogen) atoms. The summed E-state index contributed by atoms with van der Waals surface area (Å²) in [7, 11) is 0. The topological polar surface area (TPSA) is 49.4 Å². The highest BCUT2D eigenvalue weighted by molar-refractivity contribution is 5.88. The van der Waals surface area contributed by atoms with Gasteiger partial charge in [0, 0.05) is 12.1 Å². The van der Waals surface area contributed by atoms with Gasteiger partial charge in [-0.25, -0.2) is 0 Å². The van der Waals surface area contributed by atoms with E-state index in [1.54, 1.807) is 11.8 Å². The van der Waals surface area contributed by atoms with Gasteiger partial charge in [0.05, 0.1) is 6.42 Å². The molecular formula is C24H32N2O2. The first-order valence-electron chi connectivity index (χ1n) is 9.87. The highest BCUT2D eigenvalue weighted by atomic mass is 16.2. The van der Waals surface area contributed by atoms with Crippen molar-refractivity contribution in [2.24, 2.45) is 0 Å². The third kappa shape index (κ3) is 6.84. The first-order valence-corrected chi connectivity index (χ1v) is 9.87. The number of carbonyl (C=O) groups is 2. The molecule has 1 atom stereocenters. The maximum absolute atomic E-state index is 13.1. The van der Waals surface area contributed by atoms with E-state index in [1.807, 2.05) is 82.3 Å². The Morgan fingerprint density at radius 3 is 2.25 bits per heavy atom. The zero-order chi connectivity index (χ0) is 20.7. The van der Waals surface area contributed by atoms with Crippen LogP contribution >= 0.6 is 0 Å². The molecule has 0 fully saturated rings. The van der Waals surface area contributed by atoms with Gasteiger partial charge in [0.15, 0.2) is 0 Å². The molecule has 0 aliphatic heterocycles. The van der Waals surface area contributed by atoms with Crippen LogP contribution in [0.2, 0.25) is 0 Å². The van der Waals surface area contributed by atoms with Crippen LogP contribution in [0.15, 0.2) is 54.6 Å². The van der Waals surface area contributed by atoms with Gasteiger partial charge in [-0.2, -0.15) is 0 Å². The Morgan fingerprint density at radius 1 is 1.00 bits per heavy atom. The van der Waals surface area contributed by atoms with E-state index in [4.69, 9.17) is 0 Å². The number of rotatable bonds is 7. The Balaban J connectivity index is 2.16. The highest BCUT2D eigenvalue weighted by Crippen LogP contribution is 2.12. The Labute approximate surface area is 169 Å². The molecule has 0 spiro atoms. The van der Waals surface area contributed by atoms with E-state index >= 15 is 0 Å². The Bertz CT molecular complexity index is 794. The van der Waals surface area contributed by atoms with E-state index in [0.29, 0.717) is 19.4 Å². The van der Waals surface area contributed by atoms with Gasteiger partial charge in [-0.15, -0.1) is 0 Å². The lowest BCUT2D eigenvalue weighted by Crippen LogP contribution is -2.53. The molecule has 0 heterocycles. The summed E-state index contributed by atoms with van der Waals surface area (Å²) in [5.41, 5.74) is 2.91. The minimum atomic E-state index is -0.528. The van der Waals surface area contributed by atoms with E-state index < -0.39 is 6.04 Å². The second-order valence-electron chi connectivity index (χ2n) is 8.40. The van der Waals surface area contributed by atoms with E-state index in [-0.39, 0.29) is 17.4 Å². The Kier molecular flexibility index (Phi) is 7.38. The van der Waals surface area contributed by atoms with Crippen molar-refractivity contribution in [2.45, 2.75) is 59.0 Å². The van der Waals surface area contributed by atoms with Gasteiger partial charge in [0.2, 0.25) is 11.8 Å². The molecule has 2 aromatic rings. The molecule has 150 valence electrons. The predicted molar refractivity (Wildman–Crippen MR) is 114 cm³/mol. The zero-order valence-corrected chi connectivity index (χ0v) is 17.7. The number of hydrogen-bond acceptors (Lipinski definition) is 2. The van der Waals surface area contributed by atoms with Crippen LogP contribution in [0.5, 0.6) is 0 Å². The molecule has 0 aliphatic carbocycles. The minimum absolute atomic E-state index is 0.0295. The fourth-order valence-electron chi connectivity index (χ4n) is 3.14. The Hall–Kier alpha value is -2.62. The lowest BCUT2D eigenvalue weighted by atomic mass is 10.1. The molecule has 0 unspecified atom stereocenters. The molecule has 2 amide bonds. The second kappa shape index (κ2) is 9.54. The molecule has 2 rings (SSSR count). The van der Waals surface area contributed by atoms with Gasteiger partial charge in [0.1, 0.15) is 6.04 Å². The summed E-state index contributed by atoms with van der Waals surface area (Å²) >= 11 is 0. The molecule has 4 nitrogen and oxygen atoms in total. The van der Waals surface area contributed by atoms with Crippen LogP contribution in [0.1, 0.15) is 44.4 Å². The highest BCUT2D eigenvalue weighted by Gasteiger charge is 2.28. The number of nitrogens with zero attached hydrogens (tertiary/aromatic N) is 1. The van der Waals surface area contributed by atoms with Gasteiger partial charge in [0.25, 0.3) is 0 Å². The molecule has 0 radical (unpaired) electrons. The van der Waals surface area contributed by atoms with Crippen molar-refractivity contribution in [3.63, 3.8) is 0 Å². The average Bonchev–Trinajstić information content (AvgIpc) is 2.61. The normalized spacial score (nSPS) is 12.3. The maximum Gasteiger partial charge on any atom is 0.242 e. The van der Waals surface area contributed by atoms with Crippen molar-refractivity contribution in [2.75, 3.05) is 6.54 Å². The van der Waals surface area contributed by atoms with Crippen molar-refractivity contribution in [3.8, 4) is 0 Å². The van der Waals surface area contributed by atoms with Crippen LogP contribution in [0.3, 0.4) is 0 Å². The standard InChI is InChI=1S/C24H32N2O2/c1-18-10-9-13-21(16-18)17-22(27)26(15-14-20-11-7-6-8-12-20)19(2)23(28)25-24(3,4)5/h6-13,16,19H,14-15,17H2,1-5H3,(H,25,28)/t19-/m0/s1. The molecular weight excluding hydrogens is 348 g/mol. The SMILES string of the molecule is Cc1cccc(CC(=O)N(CCc2ccccc2)[C@@H](C)C(=O)NC(C)(C)C)c1. The molecule has 0 saturated heterocycles. The molecule has 1 N–H and O–H groups in total. The summed E-state index contributed by atoms with van der Waals surface area (Å²) in [4.78, 5) is 27.5. The lowest BCUT2D eigenvalue weighted by Gasteiger charge is -2.31. The summed E-state index contributed by atoms with van der Waals surface area (Å²) in [6.07, 6.45) is 1.01. The van der Waals surface area contributed by atoms with Crippen LogP contribution in [0.4, 0.5) is 0 Å². The monoisotopic (exact) mass is 380 g/mol. The van der Waals surface area contributed by atoms with Crippen LogP contribution in [-0.4, -0.2) is 34.8 Å². The van der Waals surface area contributed by atoms with Gasteiger partial charge in [-0.1, -0.05) is 60.2 Å². The number of hydrogen-bond donors (Lipinski definition) is 1. The van der Waals surface area contributed by atoms with Crippen LogP contribution in [-0.2, 0) is 22.4 Å². The molecule has 0 aromatic heterocycles. The van der Waals surface area contributed by atoms with Gasteiger partial charge >= 0.3 is 0 Å². The molecule has 0 aliphatic rings. The first-order chi connectivity index (χ1) is 13.2. The Morgan fingerprint density at radius 2 is 1.64 bits per heavy atom. The van der Waals surface area contributed by atoms with E-state index in [2.05, 4.69) is 5.32 Å². The number of benzene rings is 2. The number of carbonyl (C=O) groups excluding carboxylic acids is 2. The predicted octanol–water partition coefficient (Wildman–Crippen LogP) is 3.91. The van der Waals surface area contributed by atoms with Gasteiger partial charge < -0.3 is 10.2 Å². The second-order valence-corrected chi connectivity index (χ2v) is 8.40. The van der Waals surface area contributed by atoms with Gasteiger partial charge in [-0.05, 0) is 52.2 Å². The van der Waals surface area contributed by atoms with E-state index in [0.717, 1.165) is 16.7 Å². The third-order valence-electron chi connectivity index (χ3n) is 4.59. The quantitative estimate of drug-likeness (QED) is 0.792. The summed E-state index contributed by atoms with van der Waals surface area (Å²) in [6.45, 7) is 10.2. The largest absolute Gasteiger partial charge is 0.350 e. The number of amides is 2. The molecule has 0 saturated carbocycles. The first kappa shape index (κ1) is 21.7. The lowest BCUT2D eigenvalue weighted by molar-refractivity contribution is -0.140.